The van der Waals surface area contributed by atoms with E-state index in [0.29, 0.717) is 17.1 Å². The van der Waals surface area contributed by atoms with E-state index in [9.17, 15) is 9.90 Å². The minimum Gasteiger partial charge on any atom is -0.508 e. The highest BCUT2D eigenvalue weighted by atomic mass is 16.3. The predicted molar refractivity (Wildman–Crippen MR) is 110 cm³/mol. The fraction of sp³-hybridized carbons (Fsp3) is 0.0455. The Bertz CT molecular complexity index is 1140. The lowest BCUT2D eigenvalue weighted by molar-refractivity contribution is 0.102. The molecular formula is C22H18N4O2. The van der Waals surface area contributed by atoms with E-state index < -0.39 is 0 Å². The first-order chi connectivity index (χ1) is 13.6. The van der Waals surface area contributed by atoms with Gasteiger partial charge in [-0.3, -0.25) is 4.79 Å². The van der Waals surface area contributed by atoms with Crippen LogP contribution in [0, 0.1) is 6.92 Å². The molecule has 1 aromatic heterocycles. The maximum atomic E-state index is 12.4. The van der Waals surface area contributed by atoms with Gasteiger partial charge in [-0.15, -0.1) is 5.10 Å². The lowest BCUT2D eigenvalue weighted by atomic mass is 10.1. The molecule has 6 nitrogen and oxygen atoms in total. The fourth-order valence-electron chi connectivity index (χ4n) is 2.92. The van der Waals surface area contributed by atoms with Crippen molar-refractivity contribution in [3.63, 3.8) is 0 Å². The van der Waals surface area contributed by atoms with E-state index >= 15 is 0 Å². The number of aryl methyl sites for hydroxylation is 1. The van der Waals surface area contributed by atoms with Crippen molar-refractivity contribution >= 4 is 33.9 Å². The topological polar surface area (TPSA) is 87.1 Å². The number of aromatic nitrogens is 2. The number of aromatic hydroxyl groups is 1. The van der Waals surface area contributed by atoms with Crippen LogP contribution >= 0.6 is 0 Å². The quantitative estimate of drug-likeness (QED) is 0.456. The molecule has 0 radical (unpaired) electrons. The van der Waals surface area contributed by atoms with Crippen LogP contribution in [0.25, 0.3) is 10.8 Å². The first kappa shape index (κ1) is 17.5. The van der Waals surface area contributed by atoms with Gasteiger partial charge in [0.15, 0.2) is 5.82 Å². The average molecular weight is 370 g/mol. The largest absolute Gasteiger partial charge is 0.508 e. The second-order valence-corrected chi connectivity index (χ2v) is 6.38. The third-order valence-electron chi connectivity index (χ3n) is 4.41. The Balaban J connectivity index is 1.52. The summed E-state index contributed by atoms with van der Waals surface area (Å²) in [6.45, 7) is 1.93. The molecule has 6 heteroatoms. The van der Waals surface area contributed by atoms with Gasteiger partial charge in [0.25, 0.3) is 5.91 Å². The number of nitrogens with one attached hydrogen (secondary N) is 2. The molecule has 0 aliphatic heterocycles. The maximum Gasteiger partial charge on any atom is 0.255 e. The van der Waals surface area contributed by atoms with Crippen LogP contribution in [0.5, 0.6) is 5.75 Å². The van der Waals surface area contributed by atoms with E-state index in [0.717, 1.165) is 22.2 Å². The highest BCUT2D eigenvalue weighted by Crippen LogP contribution is 2.25. The lowest BCUT2D eigenvalue weighted by Gasteiger charge is -2.10. The number of phenols is 1. The van der Waals surface area contributed by atoms with Gasteiger partial charge in [0.1, 0.15) is 5.75 Å². The Morgan fingerprint density at radius 1 is 0.821 bits per heavy atom. The summed E-state index contributed by atoms with van der Waals surface area (Å²) < 4.78 is 0. The SMILES string of the molecule is Cc1nnc(Nc2ccc(C(=O)Nc3ccc(O)cc3)cc2)c2ccccc12. The molecule has 1 amide bonds. The second-order valence-electron chi connectivity index (χ2n) is 6.38. The Hall–Kier alpha value is -3.93. The van der Waals surface area contributed by atoms with Crippen LogP contribution in [0.15, 0.2) is 72.8 Å². The van der Waals surface area contributed by atoms with Crippen LogP contribution in [0.1, 0.15) is 16.1 Å². The van der Waals surface area contributed by atoms with Crippen molar-refractivity contribution in [3.8, 4) is 5.75 Å². The average Bonchev–Trinajstić information content (AvgIpc) is 2.72. The van der Waals surface area contributed by atoms with Crippen molar-refractivity contribution in [1.82, 2.24) is 10.2 Å². The van der Waals surface area contributed by atoms with Crippen LogP contribution < -0.4 is 10.6 Å². The number of rotatable bonds is 4. The van der Waals surface area contributed by atoms with Gasteiger partial charge in [-0.2, -0.15) is 5.10 Å². The number of fused-ring (bicyclic) bond motifs is 1. The number of benzene rings is 3. The third-order valence-corrected chi connectivity index (χ3v) is 4.41. The van der Waals surface area contributed by atoms with E-state index in [2.05, 4.69) is 20.8 Å². The predicted octanol–water partition coefficient (Wildman–Crippen LogP) is 4.64. The molecule has 4 aromatic rings. The number of carbonyl (C=O) groups excluding carboxylic acids is 1. The molecule has 4 rings (SSSR count). The minimum atomic E-state index is -0.224. The molecule has 0 fully saturated rings. The third kappa shape index (κ3) is 3.61. The van der Waals surface area contributed by atoms with Gasteiger partial charge in [-0.05, 0) is 55.5 Å². The van der Waals surface area contributed by atoms with Crippen LogP contribution in [0.4, 0.5) is 17.2 Å². The summed E-state index contributed by atoms with van der Waals surface area (Å²) in [5.41, 5.74) is 2.83. The van der Waals surface area contributed by atoms with E-state index in [1.165, 1.54) is 12.1 Å². The molecule has 0 spiro atoms. The van der Waals surface area contributed by atoms with Crippen LogP contribution in [0.3, 0.4) is 0 Å². The Kier molecular flexibility index (Phi) is 4.60. The van der Waals surface area contributed by atoms with Crippen molar-refractivity contribution in [2.24, 2.45) is 0 Å². The van der Waals surface area contributed by atoms with E-state index in [1.54, 1.807) is 24.3 Å². The van der Waals surface area contributed by atoms with Crippen LogP contribution in [-0.2, 0) is 0 Å². The molecule has 3 N–H and O–H groups in total. The number of hydrogen-bond acceptors (Lipinski definition) is 5. The lowest BCUT2D eigenvalue weighted by Crippen LogP contribution is -2.11. The molecule has 0 saturated heterocycles. The van der Waals surface area contributed by atoms with Crippen molar-refractivity contribution in [3.05, 3.63) is 84.1 Å². The first-order valence-electron chi connectivity index (χ1n) is 8.80. The summed E-state index contributed by atoms with van der Waals surface area (Å²) in [5.74, 6) is 0.598. The molecule has 0 saturated carbocycles. The molecule has 0 unspecified atom stereocenters. The van der Waals surface area contributed by atoms with E-state index in [4.69, 9.17) is 0 Å². The summed E-state index contributed by atoms with van der Waals surface area (Å²) in [6, 6.07) is 21.4. The van der Waals surface area contributed by atoms with E-state index in [1.807, 2.05) is 43.3 Å². The molecular weight excluding hydrogens is 352 g/mol. The molecule has 28 heavy (non-hydrogen) atoms. The number of hydrogen-bond donors (Lipinski definition) is 3. The van der Waals surface area contributed by atoms with Crippen molar-refractivity contribution in [1.29, 1.82) is 0 Å². The number of nitrogens with zero attached hydrogens (tertiary/aromatic N) is 2. The number of phenolic OH excluding ortho intramolecular Hbond substituents is 1. The first-order valence-corrected chi connectivity index (χ1v) is 8.80. The van der Waals surface area contributed by atoms with Crippen molar-refractivity contribution in [2.75, 3.05) is 10.6 Å². The molecule has 0 aliphatic rings. The van der Waals surface area contributed by atoms with Gasteiger partial charge in [-0.25, -0.2) is 0 Å². The number of amides is 1. The zero-order valence-corrected chi connectivity index (χ0v) is 15.2. The second kappa shape index (κ2) is 7.36. The zero-order chi connectivity index (χ0) is 19.5. The van der Waals surface area contributed by atoms with Gasteiger partial charge < -0.3 is 15.7 Å². The fourth-order valence-corrected chi connectivity index (χ4v) is 2.92. The van der Waals surface area contributed by atoms with E-state index in [-0.39, 0.29) is 11.7 Å². The molecule has 138 valence electrons. The van der Waals surface area contributed by atoms with Crippen molar-refractivity contribution in [2.45, 2.75) is 6.92 Å². The summed E-state index contributed by atoms with van der Waals surface area (Å²) in [5, 5.41) is 25.9. The van der Waals surface area contributed by atoms with Gasteiger partial charge in [0.2, 0.25) is 0 Å². The van der Waals surface area contributed by atoms with Crippen LogP contribution in [-0.4, -0.2) is 21.2 Å². The summed E-state index contributed by atoms with van der Waals surface area (Å²) in [6.07, 6.45) is 0. The summed E-state index contributed by atoms with van der Waals surface area (Å²) >= 11 is 0. The Labute approximate surface area is 161 Å². The van der Waals surface area contributed by atoms with Gasteiger partial charge in [-0.1, -0.05) is 24.3 Å². The molecule has 0 aliphatic carbocycles. The number of anilines is 3. The minimum absolute atomic E-state index is 0.153. The molecule has 0 bridgehead atoms. The standard InChI is InChI=1S/C22H18N4O2/c1-14-19-4-2-3-5-20(19)21(26-25-14)23-16-8-6-15(7-9-16)22(28)24-17-10-12-18(27)13-11-17/h2-13,27H,1H3,(H,23,26)(H,24,28). The molecule has 3 aromatic carbocycles. The Morgan fingerprint density at radius 3 is 2.18 bits per heavy atom. The van der Waals surface area contributed by atoms with Gasteiger partial charge in [0, 0.05) is 27.7 Å². The monoisotopic (exact) mass is 370 g/mol. The highest BCUT2D eigenvalue weighted by Gasteiger charge is 2.09. The summed E-state index contributed by atoms with van der Waals surface area (Å²) in [4.78, 5) is 12.4. The summed E-state index contributed by atoms with van der Waals surface area (Å²) in [7, 11) is 0. The molecule has 0 atom stereocenters. The zero-order valence-electron chi connectivity index (χ0n) is 15.2. The smallest absolute Gasteiger partial charge is 0.255 e. The number of carbonyl (C=O) groups is 1. The van der Waals surface area contributed by atoms with Crippen molar-refractivity contribution < 1.29 is 9.90 Å². The van der Waals surface area contributed by atoms with Gasteiger partial charge >= 0.3 is 0 Å². The van der Waals surface area contributed by atoms with Gasteiger partial charge in [0.05, 0.1) is 5.69 Å². The van der Waals surface area contributed by atoms with Crippen LogP contribution in [0.2, 0.25) is 0 Å². The normalized spacial score (nSPS) is 10.6. The highest BCUT2D eigenvalue weighted by molar-refractivity contribution is 6.04. The molecule has 1 heterocycles. The maximum absolute atomic E-state index is 12.4. The Morgan fingerprint density at radius 2 is 1.46 bits per heavy atom.